The second-order valence-electron chi connectivity index (χ2n) is 8.13. The molecular formula is C23H25FIN3O2. The lowest BCUT2D eigenvalue weighted by Crippen LogP contribution is -2.37. The number of H-pyrrole nitrogens is 1. The molecule has 0 saturated carbocycles. The number of alkyl carbamates (subject to hydrolysis) is 1. The topological polar surface area (TPSA) is 67.0 Å². The second-order valence-corrected chi connectivity index (χ2v) is 9.38. The van der Waals surface area contributed by atoms with Crippen molar-refractivity contribution in [2.75, 3.05) is 0 Å². The average Bonchev–Trinajstić information content (AvgIpc) is 3.14. The predicted molar refractivity (Wildman–Crippen MR) is 124 cm³/mol. The molecule has 0 aliphatic carbocycles. The van der Waals surface area contributed by atoms with Crippen LogP contribution in [0, 0.1) is 9.39 Å². The van der Waals surface area contributed by atoms with Gasteiger partial charge in [-0.25, -0.2) is 14.2 Å². The largest absolute Gasteiger partial charge is 0.444 e. The van der Waals surface area contributed by atoms with Crippen LogP contribution < -0.4 is 5.32 Å². The monoisotopic (exact) mass is 521 g/mol. The van der Waals surface area contributed by atoms with Gasteiger partial charge in [-0.2, -0.15) is 0 Å². The van der Waals surface area contributed by atoms with Crippen molar-refractivity contribution in [3.8, 4) is 11.3 Å². The number of aromatic amines is 1. The Morgan fingerprint density at radius 1 is 1.20 bits per heavy atom. The molecule has 1 amide bonds. The molecule has 0 aliphatic rings. The number of nitrogens with zero attached hydrogens (tertiary/aromatic N) is 1. The third kappa shape index (κ3) is 5.59. The maximum atomic E-state index is 14.4. The van der Waals surface area contributed by atoms with Gasteiger partial charge >= 0.3 is 6.09 Å². The van der Waals surface area contributed by atoms with Crippen LogP contribution in [0.5, 0.6) is 0 Å². The van der Waals surface area contributed by atoms with Gasteiger partial charge in [-0.15, -0.1) is 0 Å². The van der Waals surface area contributed by atoms with Gasteiger partial charge < -0.3 is 15.0 Å². The van der Waals surface area contributed by atoms with Gasteiger partial charge in [0.25, 0.3) is 0 Å². The Hall–Kier alpha value is -2.42. The molecule has 0 radical (unpaired) electrons. The minimum absolute atomic E-state index is 0.0979. The Kier molecular flexibility index (Phi) is 6.80. The highest BCUT2D eigenvalue weighted by molar-refractivity contribution is 14.1. The fraction of sp³-hybridized carbons (Fsp3) is 0.304. The lowest BCUT2D eigenvalue weighted by atomic mass is 9.93. The van der Waals surface area contributed by atoms with Gasteiger partial charge in [0.2, 0.25) is 0 Å². The van der Waals surface area contributed by atoms with Crippen LogP contribution in [0.15, 0.2) is 54.7 Å². The van der Waals surface area contributed by atoms with Gasteiger partial charge in [-0.05, 0) is 67.1 Å². The summed E-state index contributed by atoms with van der Waals surface area (Å²) >= 11 is 2.07. The minimum Gasteiger partial charge on any atom is -0.444 e. The number of hydrogen-bond acceptors (Lipinski definition) is 3. The predicted octanol–water partition coefficient (Wildman–Crippen LogP) is 6.19. The highest BCUT2D eigenvalue weighted by Gasteiger charge is 2.28. The summed E-state index contributed by atoms with van der Waals surface area (Å²) in [6, 6.07) is 14.4. The molecule has 0 bridgehead atoms. The summed E-state index contributed by atoms with van der Waals surface area (Å²) < 4.78 is 20.7. The van der Waals surface area contributed by atoms with Crippen molar-refractivity contribution in [1.29, 1.82) is 0 Å². The highest BCUT2D eigenvalue weighted by Crippen LogP contribution is 2.31. The number of carbonyl (C=O) groups excluding carboxylic acids is 1. The number of nitrogens with one attached hydrogen (secondary N) is 2. The van der Waals surface area contributed by atoms with Crippen molar-refractivity contribution in [3.63, 3.8) is 0 Å². The summed E-state index contributed by atoms with van der Waals surface area (Å²) in [6.45, 7) is 7.44. The number of rotatable bonds is 5. The van der Waals surface area contributed by atoms with Crippen molar-refractivity contribution >= 4 is 28.7 Å². The lowest BCUT2D eigenvalue weighted by molar-refractivity contribution is 0.0494. The fourth-order valence-electron chi connectivity index (χ4n) is 3.15. The van der Waals surface area contributed by atoms with Crippen LogP contribution in [0.3, 0.4) is 0 Å². The molecule has 3 aromatic rings. The third-order valence-electron chi connectivity index (χ3n) is 4.61. The van der Waals surface area contributed by atoms with Crippen molar-refractivity contribution in [1.82, 2.24) is 15.3 Å². The van der Waals surface area contributed by atoms with E-state index in [9.17, 15) is 9.18 Å². The number of hydrogen-bond donors (Lipinski definition) is 2. The van der Waals surface area contributed by atoms with Gasteiger partial charge in [0.15, 0.2) is 0 Å². The number of ether oxygens (including phenoxy) is 1. The van der Waals surface area contributed by atoms with Crippen molar-refractivity contribution < 1.29 is 13.9 Å². The zero-order chi connectivity index (χ0) is 21.9. The van der Waals surface area contributed by atoms with Gasteiger partial charge in [-0.3, -0.25) is 0 Å². The Bertz CT molecular complexity index is 1010. The molecule has 1 heterocycles. The van der Waals surface area contributed by atoms with E-state index in [1.165, 1.54) is 6.07 Å². The molecule has 2 aromatic carbocycles. The van der Waals surface area contributed by atoms with Crippen LogP contribution in [-0.2, 0) is 4.74 Å². The lowest BCUT2D eigenvalue weighted by Gasteiger charge is -2.26. The van der Waals surface area contributed by atoms with E-state index < -0.39 is 17.7 Å². The van der Waals surface area contributed by atoms with Crippen LogP contribution in [0.25, 0.3) is 11.3 Å². The first kappa shape index (κ1) is 22.3. The van der Waals surface area contributed by atoms with Crippen LogP contribution in [0.1, 0.15) is 51.0 Å². The van der Waals surface area contributed by atoms with E-state index in [1.807, 2.05) is 64.1 Å². The Morgan fingerprint density at radius 2 is 1.90 bits per heavy atom. The number of halogens is 2. The third-order valence-corrected chi connectivity index (χ3v) is 5.28. The van der Waals surface area contributed by atoms with Crippen LogP contribution >= 0.6 is 22.6 Å². The zero-order valence-electron chi connectivity index (χ0n) is 17.4. The van der Waals surface area contributed by atoms with Gasteiger partial charge in [-0.1, -0.05) is 37.3 Å². The van der Waals surface area contributed by atoms with Crippen molar-refractivity contribution in [3.05, 3.63) is 75.5 Å². The number of amides is 1. The Labute approximate surface area is 189 Å². The van der Waals surface area contributed by atoms with Crippen LogP contribution in [0.2, 0.25) is 0 Å². The molecule has 7 heteroatoms. The Balaban J connectivity index is 1.94. The van der Waals surface area contributed by atoms with E-state index >= 15 is 0 Å². The van der Waals surface area contributed by atoms with Crippen molar-refractivity contribution in [2.24, 2.45) is 0 Å². The molecule has 0 saturated heterocycles. The molecule has 3 rings (SSSR count). The zero-order valence-corrected chi connectivity index (χ0v) is 19.5. The van der Waals surface area contributed by atoms with Crippen LogP contribution in [-0.4, -0.2) is 21.7 Å². The van der Waals surface area contributed by atoms with Crippen molar-refractivity contribution in [2.45, 2.75) is 45.3 Å². The van der Waals surface area contributed by atoms with Gasteiger partial charge in [0, 0.05) is 15.1 Å². The summed E-state index contributed by atoms with van der Waals surface area (Å²) in [6.07, 6.45) is 1.05. The van der Waals surface area contributed by atoms with E-state index in [0.29, 0.717) is 17.1 Å². The van der Waals surface area contributed by atoms with E-state index in [-0.39, 0.29) is 11.7 Å². The maximum absolute atomic E-state index is 14.4. The average molecular weight is 521 g/mol. The quantitative estimate of drug-likeness (QED) is 0.394. The normalized spacial score (nSPS) is 13.5. The molecule has 2 atom stereocenters. The molecule has 0 unspecified atom stereocenters. The molecule has 0 spiro atoms. The summed E-state index contributed by atoms with van der Waals surface area (Å²) in [5.41, 5.74) is 1.40. The molecule has 1 aromatic heterocycles. The molecular weight excluding hydrogens is 496 g/mol. The maximum Gasteiger partial charge on any atom is 0.408 e. The SMILES string of the molecule is C[C@@H](c1ccccc1)[C@H](NC(=O)OC(C)(C)C)c1ncc(-c2ccc(I)cc2F)[nH]1. The van der Waals surface area contributed by atoms with Gasteiger partial charge in [0.1, 0.15) is 17.2 Å². The summed E-state index contributed by atoms with van der Waals surface area (Å²) in [5.74, 6) is 0.106. The number of benzene rings is 2. The summed E-state index contributed by atoms with van der Waals surface area (Å²) in [7, 11) is 0. The first-order valence-electron chi connectivity index (χ1n) is 9.69. The fourth-order valence-corrected chi connectivity index (χ4v) is 3.61. The van der Waals surface area contributed by atoms with Crippen LogP contribution in [0.4, 0.5) is 9.18 Å². The first-order valence-corrected chi connectivity index (χ1v) is 10.8. The Morgan fingerprint density at radius 3 is 2.53 bits per heavy atom. The summed E-state index contributed by atoms with van der Waals surface area (Å²) in [4.78, 5) is 20.2. The van der Waals surface area contributed by atoms with E-state index in [2.05, 4.69) is 37.9 Å². The molecule has 5 nitrogen and oxygen atoms in total. The minimum atomic E-state index is -0.622. The highest BCUT2D eigenvalue weighted by atomic mass is 127. The van der Waals surface area contributed by atoms with Gasteiger partial charge in [0.05, 0.1) is 17.9 Å². The smallest absolute Gasteiger partial charge is 0.408 e. The van der Waals surface area contributed by atoms with E-state index in [4.69, 9.17) is 4.74 Å². The summed E-state index contributed by atoms with van der Waals surface area (Å²) in [5, 5.41) is 2.93. The molecule has 30 heavy (non-hydrogen) atoms. The molecule has 0 aliphatic heterocycles. The molecule has 2 N–H and O–H groups in total. The molecule has 158 valence electrons. The van der Waals surface area contributed by atoms with E-state index in [1.54, 1.807) is 12.3 Å². The molecule has 0 fully saturated rings. The first-order chi connectivity index (χ1) is 14.1. The number of carbonyl (C=O) groups is 1. The second kappa shape index (κ2) is 9.16. The standard InChI is InChI=1S/C23H25FIN3O2/c1-14(15-8-6-5-7-9-15)20(28-22(29)30-23(2,3)4)21-26-13-19(27-21)17-11-10-16(25)12-18(17)24/h5-14,20H,1-4H3,(H,26,27)(H,28,29)/t14-,20-/m0/s1. The number of imidazole rings is 1. The van der Waals surface area contributed by atoms with E-state index in [0.717, 1.165) is 9.13 Å². The number of aromatic nitrogens is 2.